The standard InChI is InChI=1S/C25H23FN2O6/c1-32-21-4-2-3-5-22(21)34-20-12-10-19(11-13-20)27-23(29)14-15-25(31)33-16-24(30)28-18-8-6-17(26)7-9-18/h2-13H,14-16H2,1H3,(H,27,29)(H,28,30). The lowest BCUT2D eigenvalue weighted by molar-refractivity contribution is -0.147. The maximum atomic E-state index is 12.9. The van der Waals surface area contributed by atoms with E-state index >= 15 is 0 Å². The number of carbonyl (C=O) groups excluding carboxylic acids is 3. The molecule has 3 rings (SSSR count). The van der Waals surface area contributed by atoms with Crippen LogP contribution in [-0.4, -0.2) is 31.5 Å². The smallest absolute Gasteiger partial charge is 0.306 e. The van der Waals surface area contributed by atoms with Crippen LogP contribution in [0, 0.1) is 5.82 Å². The minimum atomic E-state index is -0.690. The summed E-state index contributed by atoms with van der Waals surface area (Å²) in [6.07, 6.45) is -0.303. The molecule has 0 heterocycles. The van der Waals surface area contributed by atoms with Crippen molar-refractivity contribution in [2.75, 3.05) is 24.4 Å². The summed E-state index contributed by atoms with van der Waals surface area (Å²) >= 11 is 0. The number of esters is 1. The van der Waals surface area contributed by atoms with Gasteiger partial charge in [-0.05, 0) is 60.7 Å². The van der Waals surface area contributed by atoms with Gasteiger partial charge in [0.1, 0.15) is 11.6 Å². The number of para-hydroxylation sites is 2. The van der Waals surface area contributed by atoms with Crippen LogP contribution < -0.4 is 20.1 Å². The molecule has 0 aliphatic heterocycles. The molecule has 0 spiro atoms. The lowest BCUT2D eigenvalue weighted by atomic mass is 10.2. The molecule has 3 aromatic carbocycles. The molecule has 0 aliphatic carbocycles. The predicted molar refractivity (Wildman–Crippen MR) is 123 cm³/mol. The Hall–Kier alpha value is -4.40. The first-order valence-electron chi connectivity index (χ1n) is 10.3. The number of hydrogen-bond donors (Lipinski definition) is 2. The number of benzene rings is 3. The van der Waals surface area contributed by atoms with Gasteiger partial charge >= 0.3 is 5.97 Å². The van der Waals surface area contributed by atoms with Crippen LogP contribution in [0.15, 0.2) is 72.8 Å². The first-order valence-corrected chi connectivity index (χ1v) is 10.3. The van der Waals surface area contributed by atoms with Gasteiger partial charge in [0.25, 0.3) is 5.91 Å². The summed E-state index contributed by atoms with van der Waals surface area (Å²) < 4.78 is 28.8. The van der Waals surface area contributed by atoms with Crippen LogP contribution in [0.25, 0.3) is 0 Å². The van der Waals surface area contributed by atoms with Crippen LogP contribution in [0.5, 0.6) is 17.2 Å². The Morgan fingerprint density at radius 2 is 1.35 bits per heavy atom. The Morgan fingerprint density at radius 3 is 2.00 bits per heavy atom. The molecule has 0 bridgehead atoms. The van der Waals surface area contributed by atoms with E-state index in [0.717, 1.165) is 0 Å². The largest absolute Gasteiger partial charge is 0.493 e. The van der Waals surface area contributed by atoms with E-state index < -0.39 is 24.3 Å². The maximum Gasteiger partial charge on any atom is 0.306 e. The molecule has 0 saturated carbocycles. The Bertz CT molecular complexity index is 1130. The van der Waals surface area contributed by atoms with Gasteiger partial charge in [-0.25, -0.2) is 4.39 Å². The average molecular weight is 466 g/mol. The fourth-order valence-electron chi connectivity index (χ4n) is 2.82. The molecule has 9 heteroatoms. The molecule has 0 saturated heterocycles. The van der Waals surface area contributed by atoms with Crippen LogP contribution >= 0.6 is 0 Å². The molecular weight excluding hydrogens is 443 g/mol. The third kappa shape index (κ3) is 7.63. The molecule has 2 amide bonds. The first-order chi connectivity index (χ1) is 16.4. The summed E-state index contributed by atoms with van der Waals surface area (Å²) in [6.45, 7) is -0.508. The molecule has 0 aromatic heterocycles. The number of halogens is 1. The monoisotopic (exact) mass is 466 g/mol. The van der Waals surface area contributed by atoms with E-state index in [9.17, 15) is 18.8 Å². The number of methoxy groups -OCH3 is 1. The highest BCUT2D eigenvalue weighted by atomic mass is 19.1. The first kappa shape index (κ1) is 24.2. The second-order valence-electron chi connectivity index (χ2n) is 7.04. The lowest BCUT2D eigenvalue weighted by Crippen LogP contribution is -2.21. The molecular formula is C25H23FN2O6. The molecule has 2 N–H and O–H groups in total. The van der Waals surface area contributed by atoms with Gasteiger partial charge in [-0.3, -0.25) is 14.4 Å². The summed E-state index contributed by atoms with van der Waals surface area (Å²) in [7, 11) is 1.55. The van der Waals surface area contributed by atoms with Gasteiger partial charge in [0.15, 0.2) is 18.1 Å². The molecule has 8 nitrogen and oxygen atoms in total. The molecule has 0 radical (unpaired) electrons. The number of hydrogen-bond acceptors (Lipinski definition) is 6. The van der Waals surface area contributed by atoms with Crippen molar-refractivity contribution >= 4 is 29.2 Å². The fourth-order valence-corrected chi connectivity index (χ4v) is 2.82. The zero-order valence-corrected chi connectivity index (χ0v) is 18.4. The minimum Gasteiger partial charge on any atom is -0.493 e. The molecule has 176 valence electrons. The number of amides is 2. The SMILES string of the molecule is COc1ccccc1Oc1ccc(NC(=O)CCC(=O)OCC(=O)Nc2ccc(F)cc2)cc1. The van der Waals surface area contributed by atoms with Crippen molar-refractivity contribution in [2.24, 2.45) is 0 Å². The maximum absolute atomic E-state index is 12.9. The highest BCUT2D eigenvalue weighted by Crippen LogP contribution is 2.31. The van der Waals surface area contributed by atoms with Gasteiger partial charge in [0, 0.05) is 17.8 Å². The van der Waals surface area contributed by atoms with Crippen molar-refractivity contribution in [3.8, 4) is 17.2 Å². The van der Waals surface area contributed by atoms with Crippen LogP contribution in [-0.2, 0) is 19.1 Å². The van der Waals surface area contributed by atoms with Gasteiger partial charge in [-0.2, -0.15) is 0 Å². The second kappa shape index (κ2) is 12.0. The van der Waals surface area contributed by atoms with Crippen molar-refractivity contribution < 1.29 is 33.0 Å². The number of anilines is 2. The third-order valence-corrected chi connectivity index (χ3v) is 4.48. The van der Waals surface area contributed by atoms with Crippen molar-refractivity contribution in [3.63, 3.8) is 0 Å². The number of ether oxygens (including phenoxy) is 3. The molecule has 0 fully saturated rings. The lowest BCUT2D eigenvalue weighted by Gasteiger charge is -2.11. The zero-order valence-electron chi connectivity index (χ0n) is 18.4. The van der Waals surface area contributed by atoms with Crippen molar-refractivity contribution in [1.29, 1.82) is 0 Å². The van der Waals surface area contributed by atoms with Crippen LogP contribution in [0.4, 0.5) is 15.8 Å². The molecule has 0 unspecified atom stereocenters. The third-order valence-electron chi connectivity index (χ3n) is 4.48. The second-order valence-corrected chi connectivity index (χ2v) is 7.04. The van der Waals surface area contributed by atoms with Gasteiger partial charge in [0.05, 0.1) is 13.5 Å². The quantitative estimate of drug-likeness (QED) is 0.426. The Kier molecular flexibility index (Phi) is 8.56. The van der Waals surface area contributed by atoms with Gasteiger partial charge in [0.2, 0.25) is 5.91 Å². The topological polar surface area (TPSA) is 103 Å². The number of nitrogens with one attached hydrogen (secondary N) is 2. The predicted octanol–water partition coefficient (Wildman–Crippen LogP) is 4.53. The van der Waals surface area contributed by atoms with E-state index in [0.29, 0.717) is 28.6 Å². The summed E-state index contributed by atoms with van der Waals surface area (Å²) in [5.41, 5.74) is 0.908. The van der Waals surface area contributed by atoms with Crippen molar-refractivity contribution in [2.45, 2.75) is 12.8 Å². The molecule has 34 heavy (non-hydrogen) atoms. The van der Waals surface area contributed by atoms with Crippen LogP contribution in [0.3, 0.4) is 0 Å². The number of carbonyl (C=O) groups is 3. The van der Waals surface area contributed by atoms with Gasteiger partial charge in [-0.1, -0.05) is 12.1 Å². The van der Waals surface area contributed by atoms with E-state index in [1.807, 2.05) is 12.1 Å². The van der Waals surface area contributed by atoms with Crippen LogP contribution in [0.2, 0.25) is 0 Å². The van der Waals surface area contributed by atoms with Crippen LogP contribution in [0.1, 0.15) is 12.8 Å². The van der Waals surface area contributed by atoms with E-state index in [2.05, 4.69) is 10.6 Å². The summed E-state index contributed by atoms with van der Waals surface area (Å²) in [5, 5.41) is 5.14. The van der Waals surface area contributed by atoms with Crippen molar-refractivity contribution in [1.82, 2.24) is 0 Å². The molecule has 3 aromatic rings. The van der Waals surface area contributed by atoms with E-state index in [1.54, 1.807) is 43.5 Å². The van der Waals surface area contributed by atoms with E-state index in [1.165, 1.54) is 24.3 Å². The fraction of sp³-hybridized carbons (Fsp3) is 0.160. The minimum absolute atomic E-state index is 0.113. The molecule has 0 atom stereocenters. The summed E-state index contributed by atoms with van der Waals surface area (Å²) in [4.78, 5) is 35.7. The Balaban J connectivity index is 1.38. The van der Waals surface area contributed by atoms with E-state index in [-0.39, 0.29) is 18.7 Å². The van der Waals surface area contributed by atoms with E-state index in [4.69, 9.17) is 14.2 Å². The Morgan fingerprint density at radius 1 is 0.765 bits per heavy atom. The Labute approximate surface area is 195 Å². The molecule has 0 aliphatic rings. The van der Waals surface area contributed by atoms with Gasteiger partial charge < -0.3 is 24.8 Å². The normalized spacial score (nSPS) is 10.2. The highest BCUT2D eigenvalue weighted by molar-refractivity contribution is 5.94. The number of rotatable bonds is 10. The van der Waals surface area contributed by atoms with Gasteiger partial charge in [-0.15, -0.1) is 0 Å². The summed E-state index contributed by atoms with van der Waals surface area (Å²) in [5.74, 6) is -0.355. The highest BCUT2D eigenvalue weighted by Gasteiger charge is 2.11. The summed E-state index contributed by atoms with van der Waals surface area (Å²) in [6, 6.07) is 19.1. The average Bonchev–Trinajstić information content (AvgIpc) is 2.84. The zero-order chi connectivity index (χ0) is 24.3. The van der Waals surface area contributed by atoms with Crippen molar-refractivity contribution in [3.05, 3.63) is 78.6 Å².